The molecule has 0 aromatic heterocycles. The summed E-state index contributed by atoms with van der Waals surface area (Å²) < 4.78 is 54.6. The van der Waals surface area contributed by atoms with Gasteiger partial charge in [0, 0.05) is 6.54 Å². The van der Waals surface area contributed by atoms with E-state index in [1.165, 1.54) is 6.08 Å². The third-order valence-electron chi connectivity index (χ3n) is 3.98. The highest BCUT2D eigenvalue weighted by Gasteiger charge is 2.52. The number of hydrogen-bond donors (Lipinski definition) is 1. The molecular formula is C15H9F4N3O4. The minimum Gasteiger partial charge on any atom is -0.336 e. The second-order valence-electron chi connectivity index (χ2n) is 5.44. The lowest BCUT2D eigenvalue weighted by Crippen LogP contribution is -2.64. The summed E-state index contributed by atoms with van der Waals surface area (Å²) in [6.07, 6.45) is 1.30. The lowest BCUT2D eigenvalue weighted by Gasteiger charge is -2.34. The minimum absolute atomic E-state index is 0.0113. The maximum Gasteiger partial charge on any atom is 0.265 e. The number of benzene rings is 1. The lowest BCUT2D eigenvalue weighted by molar-refractivity contribution is -0.147. The van der Waals surface area contributed by atoms with Crippen LogP contribution in [0.5, 0.6) is 0 Å². The first kappa shape index (κ1) is 17.6. The van der Waals surface area contributed by atoms with Gasteiger partial charge in [-0.1, -0.05) is 6.08 Å². The van der Waals surface area contributed by atoms with Gasteiger partial charge in [0.05, 0.1) is 17.8 Å². The monoisotopic (exact) mass is 371 g/mol. The normalized spacial score (nSPS) is 19.8. The van der Waals surface area contributed by atoms with Gasteiger partial charge in [-0.15, -0.1) is 6.58 Å². The van der Waals surface area contributed by atoms with E-state index in [1.807, 2.05) is 0 Å². The Morgan fingerprint density at radius 2 is 1.46 bits per heavy atom. The van der Waals surface area contributed by atoms with Crippen molar-refractivity contribution < 1.29 is 36.7 Å². The second kappa shape index (κ2) is 5.93. The van der Waals surface area contributed by atoms with E-state index in [-0.39, 0.29) is 18.1 Å². The van der Waals surface area contributed by atoms with Gasteiger partial charge < -0.3 is 10.2 Å². The van der Waals surface area contributed by atoms with Crippen molar-refractivity contribution in [3.63, 3.8) is 0 Å². The van der Waals surface area contributed by atoms with Crippen LogP contribution in [-0.2, 0) is 9.59 Å². The molecule has 3 rings (SSSR count). The molecule has 136 valence electrons. The molecule has 2 heterocycles. The van der Waals surface area contributed by atoms with Crippen LogP contribution in [0.15, 0.2) is 12.7 Å². The average molecular weight is 371 g/mol. The largest absolute Gasteiger partial charge is 0.336 e. The fourth-order valence-electron chi connectivity index (χ4n) is 2.77. The lowest BCUT2D eigenvalue weighted by atomic mass is 10.1. The van der Waals surface area contributed by atoms with Crippen LogP contribution in [-0.4, -0.2) is 52.7 Å². The number of rotatable bonds is 3. The van der Waals surface area contributed by atoms with E-state index < -0.39 is 64.1 Å². The van der Waals surface area contributed by atoms with Crippen molar-refractivity contribution in [1.29, 1.82) is 0 Å². The number of halogens is 4. The highest BCUT2D eigenvalue weighted by molar-refractivity contribution is 6.26. The second-order valence-corrected chi connectivity index (χ2v) is 5.44. The molecule has 1 aromatic carbocycles. The predicted octanol–water partition coefficient (Wildman–Crippen LogP) is 0.309. The molecule has 1 fully saturated rings. The number of amides is 4. The van der Waals surface area contributed by atoms with E-state index in [2.05, 4.69) is 11.9 Å². The zero-order chi connectivity index (χ0) is 19.3. The smallest absolute Gasteiger partial charge is 0.265 e. The predicted molar refractivity (Wildman–Crippen MR) is 75.5 cm³/mol. The third kappa shape index (κ3) is 2.20. The maximum absolute atomic E-state index is 13.9. The summed E-state index contributed by atoms with van der Waals surface area (Å²) in [5.41, 5.74) is -2.74. The zero-order valence-corrected chi connectivity index (χ0v) is 12.8. The average Bonchev–Trinajstić information content (AvgIpc) is 2.86. The summed E-state index contributed by atoms with van der Waals surface area (Å²) in [5.74, 6) is -14.0. The van der Waals surface area contributed by atoms with Crippen LogP contribution in [0.25, 0.3) is 0 Å². The van der Waals surface area contributed by atoms with E-state index in [0.29, 0.717) is 0 Å². The van der Waals surface area contributed by atoms with Crippen LogP contribution < -0.4 is 5.32 Å². The van der Waals surface area contributed by atoms with Crippen molar-refractivity contribution in [3.8, 4) is 0 Å². The van der Waals surface area contributed by atoms with Gasteiger partial charge in [0.2, 0.25) is 0 Å². The van der Waals surface area contributed by atoms with Gasteiger partial charge >= 0.3 is 0 Å². The van der Waals surface area contributed by atoms with E-state index in [9.17, 15) is 36.7 Å². The molecule has 4 amide bonds. The molecule has 11 heteroatoms. The first-order valence-electron chi connectivity index (χ1n) is 7.13. The molecule has 2 aliphatic rings. The van der Waals surface area contributed by atoms with Crippen molar-refractivity contribution in [3.05, 3.63) is 47.1 Å². The quantitative estimate of drug-likeness (QED) is 0.207. The Balaban J connectivity index is 2.12. The standard InChI is InChI=1S/C15H9F4N3O4/c1-2-3-21-4-20-12(23)11(15(21)26)22-13(24)5-6(14(22)25)8(17)10(19)9(18)7(5)16/h2,11H,1,3-4H2,(H,20,23). The number of hydrogen-bond acceptors (Lipinski definition) is 4. The van der Waals surface area contributed by atoms with Crippen molar-refractivity contribution in [2.75, 3.05) is 13.2 Å². The molecule has 0 aliphatic carbocycles. The Morgan fingerprint density at radius 1 is 0.962 bits per heavy atom. The molecule has 1 N–H and O–H groups in total. The van der Waals surface area contributed by atoms with E-state index in [0.717, 1.165) is 4.90 Å². The molecular weight excluding hydrogens is 362 g/mol. The Hall–Kier alpha value is -3.24. The van der Waals surface area contributed by atoms with E-state index >= 15 is 0 Å². The fraction of sp³-hybridized carbons (Fsp3) is 0.200. The summed E-state index contributed by atoms with van der Waals surface area (Å²) in [6.45, 7) is 3.11. The Labute approximate surface area is 142 Å². The Morgan fingerprint density at radius 3 is 1.92 bits per heavy atom. The van der Waals surface area contributed by atoms with Gasteiger partial charge in [0.15, 0.2) is 29.3 Å². The summed E-state index contributed by atoms with van der Waals surface area (Å²) in [7, 11) is 0. The van der Waals surface area contributed by atoms with Crippen molar-refractivity contribution in [1.82, 2.24) is 15.1 Å². The highest BCUT2D eigenvalue weighted by atomic mass is 19.2. The number of imide groups is 1. The highest BCUT2D eigenvalue weighted by Crippen LogP contribution is 2.33. The number of carbonyl (C=O) groups excluding carboxylic acids is 4. The van der Waals surface area contributed by atoms with Crippen molar-refractivity contribution in [2.24, 2.45) is 0 Å². The fourth-order valence-corrected chi connectivity index (χ4v) is 2.77. The Kier molecular flexibility index (Phi) is 4.01. The topological polar surface area (TPSA) is 86.8 Å². The third-order valence-corrected chi connectivity index (χ3v) is 3.98. The number of nitrogens with one attached hydrogen (secondary N) is 1. The van der Waals surface area contributed by atoms with Gasteiger partial charge in [0.25, 0.3) is 23.6 Å². The minimum atomic E-state index is -2.28. The molecule has 0 spiro atoms. The van der Waals surface area contributed by atoms with Gasteiger partial charge in [-0.25, -0.2) is 17.6 Å². The van der Waals surface area contributed by atoms with Gasteiger partial charge in [0.1, 0.15) is 0 Å². The SMILES string of the molecule is C=CCN1CNC(=O)C(N2C(=O)c3c(F)c(F)c(F)c(F)c3C2=O)C1=O. The molecule has 0 saturated carbocycles. The molecule has 1 atom stereocenters. The summed E-state index contributed by atoms with van der Waals surface area (Å²) in [6, 6.07) is -2.07. The van der Waals surface area contributed by atoms with Crippen LogP contribution >= 0.6 is 0 Å². The first-order valence-corrected chi connectivity index (χ1v) is 7.13. The molecule has 26 heavy (non-hydrogen) atoms. The first-order chi connectivity index (χ1) is 12.2. The molecule has 1 unspecified atom stereocenters. The zero-order valence-electron chi connectivity index (χ0n) is 12.8. The maximum atomic E-state index is 13.9. The summed E-state index contributed by atoms with van der Waals surface area (Å²) >= 11 is 0. The van der Waals surface area contributed by atoms with E-state index in [1.54, 1.807) is 0 Å². The van der Waals surface area contributed by atoms with Crippen LogP contribution in [0.2, 0.25) is 0 Å². The number of nitrogens with zero attached hydrogens (tertiary/aromatic N) is 2. The summed E-state index contributed by atoms with van der Waals surface area (Å²) in [4.78, 5) is 50.1. The molecule has 0 bridgehead atoms. The molecule has 1 aromatic rings. The molecule has 7 nitrogen and oxygen atoms in total. The van der Waals surface area contributed by atoms with Crippen molar-refractivity contribution >= 4 is 23.6 Å². The molecule has 2 aliphatic heterocycles. The number of fused-ring (bicyclic) bond motifs is 1. The van der Waals surface area contributed by atoms with Crippen LogP contribution in [0, 0.1) is 23.3 Å². The van der Waals surface area contributed by atoms with Crippen molar-refractivity contribution in [2.45, 2.75) is 6.04 Å². The van der Waals surface area contributed by atoms with Gasteiger partial charge in [-0.3, -0.25) is 24.1 Å². The molecule has 0 radical (unpaired) electrons. The summed E-state index contributed by atoms with van der Waals surface area (Å²) in [5, 5.41) is 2.23. The van der Waals surface area contributed by atoms with Crippen LogP contribution in [0.1, 0.15) is 20.7 Å². The number of carbonyl (C=O) groups is 4. The van der Waals surface area contributed by atoms with Gasteiger partial charge in [-0.2, -0.15) is 0 Å². The van der Waals surface area contributed by atoms with Crippen LogP contribution in [0.4, 0.5) is 17.6 Å². The van der Waals surface area contributed by atoms with Gasteiger partial charge in [-0.05, 0) is 0 Å². The molecule has 1 saturated heterocycles. The van der Waals surface area contributed by atoms with Crippen LogP contribution in [0.3, 0.4) is 0 Å². The van der Waals surface area contributed by atoms with E-state index in [4.69, 9.17) is 0 Å². The Bertz CT molecular complexity index is 855.